The normalized spacial score (nSPS) is 11.6. The van der Waals surface area contributed by atoms with Crippen LogP contribution in [-0.4, -0.2) is 31.4 Å². The second kappa shape index (κ2) is 5.69. The molecule has 22 heavy (non-hydrogen) atoms. The van der Waals surface area contributed by atoms with Gasteiger partial charge in [0.15, 0.2) is 5.76 Å². The number of furan rings is 1. The largest absolute Gasteiger partial charge is 0.502 e. The molecule has 2 aromatic rings. The number of nitrogens with zero attached hydrogens (tertiary/aromatic N) is 1. The van der Waals surface area contributed by atoms with Crippen molar-refractivity contribution < 1.29 is 27.4 Å². The predicted molar refractivity (Wildman–Crippen MR) is 80.3 cm³/mol. The molecular weight excluding hydrogens is 337 g/mol. The van der Waals surface area contributed by atoms with Gasteiger partial charge < -0.3 is 14.6 Å². The van der Waals surface area contributed by atoms with E-state index >= 15 is 0 Å². The molecule has 2 rings (SSSR count). The van der Waals surface area contributed by atoms with Crippen LogP contribution in [0.25, 0.3) is 11.3 Å². The SMILES string of the molecule is CCS(=O)(=O)N(C)c1oc(-c2c(F)cccc2Cl)c(O)c1O. The van der Waals surface area contributed by atoms with E-state index in [1.54, 1.807) is 0 Å². The maximum Gasteiger partial charge on any atom is 0.256 e. The van der Waals surface area contributed by atoms with E-state index in [0.717, 1.165) is 13.1 Å². The lowest BCUT2D eigenvalue weighted by molar-refractivity contribution is 0.409. The van der Waals surface area contributed by atoms with Crippen molar-refractivity contribution in [2.24, 2.45) is 0 Å². The molecule has 0 spiro atoms. The smallest absolute Gasteiger partial charge is 0.256 e. The fourth-order valence-corrected chi connectivity index (χ4v) is 2.83. The lowest BCUT2D eigenvalue weighted by atomic mass is 10.1. The number of anilines is 1. The summed E-state index contributed by atoms with van der Waals surface area (Å²) in [7, 11) is -2.60. The Morgan fingerprint density at radius 3 is 2.50 bits per heavy atom. The van der Waals surface area contributed by atoms with E-state index < -0.39 is 39.0 Å². The monoisotopic (exact) mass is 349 g/mol. The molecule has 0 fully saturated rings. The van der Waals surface area contributed by atoms with E-state index in [-0.39, 0.29) is 16.3 Å². The topological polar surface area (TPSA) is 91.0 Å². The third kappa shape index (κ3) is 2.59. The Balaban J connectivity index is 2.66. The number of rotatable bonds is 4. The molecule has 0 saturated carbocycles. The van der Waals surface area contributed by atoms with E-state index in [0.29, 0.717) is 4.31 Å². The summed E-state index contributed by atoms with van der Waals surface area (Å²) in [5.74, 6) is -3.61. The molecule has 0 aliphatic heterocycles. The molecular formula is C13H13ClFNO5S. The van der Waals surface area contributed by atoms with Crippen molar-refractivity contribution in [3.8, 4) is 22.8 Å². The first-order chi connectivity index (χ1) is 10.2. The van der Waals surface area contributed by atoms with E-state index in [2.05, 4.69) is 0 Å². The van der Waals surface area contributed by atoms with Crippen LogP contribution in [0.3, 0.4) is 0 Å². The summed E-state index contributed by atoms with van der Waals surface area (Å²) in [6.07, 6.45) is 0. The average Bonchev–Trinajstić information content (AvgIpc) is 2.75. The van der Waals surface area contributed by atoms with Gasteiger partial charge in [-0.2, -0.15) is 0 Å². The minimum absolute atomic E-state index is 0.0587. The van der Waals surface area contributed by atoms with Crippen LogP contribution in [0.4, 0.5) is 10.3 Å². The molecule has 0 aliphatic carbocycles. The summed E-state index contributed by atoms with van der Waals surface area (Å²) < 4.78 is 43.4. The molecule has 1 aromatic heterocycles. The van der Waals surface area contributed by atoms with Crippen molar-refractivity contribution in [3.05, 3.63) is 29.0 Å². The zero-order valence-corrected chi connectivity index (χ0v) is 13.2. The van der Waals surface area contributed by atoms with Crippen molar-refractivity contribution in [3.63, 3.8) is 0 Å². The molecule has 0 bridgehead atoms. The van der Waals surface area contributed by atoms with Gasteiger partial charge in [0.1, 0.15) is 5.82 Å². The molecule has 9 heteroatoms. The van der Waals surface area contributed by atoms with Crippen LogP contribution in [0.1, 0.15) is 6.92 Å². The van der Waals surface area contributed by atoms with Crippen LogP contribution in [0.2, 0.25) is 5.02 Å². The maximum atomic E-state index is 13.9. The highest BCUT2D eigenvalue weighted by atomic mass is 35.5. The zero-order valence-electron chi connectivity index (χ0n) is 11.7. The summed E-state index contributed by atoms with van der Waals surface area (Å²) in [6.45, 7) is 1.40. The van der Waals surface area contributed by atoms with Gasteiger partial charge in [-0.15, -0.1) is 0 Å². The summed E-state index contributed by atoms with van der Waals surface area (Å²) in [5, 5.41) is 19.7. The second-order valence-corrected chi connectivity index (χ2v) is 7.09. The Morgan fingerprint density at radius 1 is 1.32 bits per heavy atom. The highest BCUT2D eigenvalue weighted by Crippen LogP contribution is 2.49. The number of hydrogen-bond donors (Lipinski definition) is 2. The van der Waals surface area contributed by atoms with Gasteiger partial charge in [0.2, 0.25) is 21.5 Å². The van der Waals surface area contributed by atoms with Crippen molar-refractivity contribution >= 4 is 27.5 Å². The van der Waals surface area contributed by atoms with E-state index in [1.807, 2.05) is 0 Å². The molecule has 0 amide bonds. The van der Waals surface area contributed by atoms with Crippen LogP contribution in [0, 0.1) is 5.82 Å². The molecule has 0 unspecified atom stereocenters. The van der Waals surface area contributed by atoms with Crippen molar-refractivity contribution in [1.82, 2.24) is 0 Å². The number of halogens is 2. The van der Waals surface area contributed by atoms with Crippen LogP contribution < -0.4 is 4.31 Å². The van der Waals surface area contributed by atoms with E-state index in [9.17, 15) is 23.0 Å². The summed E-state index contributed by atoms with van der Waals surface area (Å²) in [5.41, 5.74) is -0.273. The second-order valence-electron chi connectivity index (χ2n) is 4.40. The first-order valence-corrected chi connectivity index (χ1v) is 8.15. The quantitative estimate of drug-likeness (QED) is 0.885. The van der Waals surface area contributed by atoms with Crippen molar-refractivity contribution in [2.75, 3.05) is 17.1 Å². The summed E-state index contributed by atoms with van der Waals surface area (Å²) in [4.78, 5) is 0. The van der Waals surface area contributed by atoms with E-state index in [4.69, 9.17) is 16.0 Å². The molecule has 0 radical (unpaired) electrons. The zero-order chi connectivity index (χ0) is 16.7. The molecule has 0 saturated heterocycles. The highest BCUT2D eigenvalue weighted by Gasteiger charge is 2.30. The number of hydrogen-bond acceptors (Lipinski definition) is 5. The van der Waals surface area contributed by atoms with Gasteiger partial charge in [0.25, 0.3) is 5.88 Å². The number of sulfonamides is 1. The molecule has 0 atom stereocenters. The van der Waals surface area contributed by atoms with Gasteiger partial charge in [-0.1, -0.05) is 17.7 Å². The van der Waals surface area contributed by atoms with Crippen molar-refractivity contribution in [2.45, 2.75) is 6.92 Å². The third-order valence-corrected chi connectivity index (χ3v) is 5.14. The van der Waals surface area contributed by atoms with Crippen LogP contribution in [0.15, 0.2) is 22.6 Å². The van der Waals surface area contributed by atoms with Crippen LogP contribution in [0.5, 0.6) is 11.5 Å². The first kappa shape index (κ1) is 16.4. The fourth-order valence-electron chi connectivity index (χ4n) is 1.82. The average molecular weight is 350 g/mol. The van der Waals surface area contributed by atoms with Crippen molar-refractivity contribution in [1.29, 1.82) is 0 Å². The minimum atomic E-state index is -3.74. The van der Waals surface area contributed by atoms with Gasteiger partial charge in [0, 0.05) is 7.05 Å². The first-order valence-electron chi connectivity index (χ1n) is 6.16. The molecule has 1 heterocycles. The van der Waals surface area contributed by atoms with Gasteiger partial charge in [-0.3, -0.25) is 0 Å². The van der Waals surface area contributed by atoms with Gasteiger partial charge >= 0.3 is 0 Å². The third-order valence-electron chi connectivity index (χ3n) is 3.10. The van der Waals surface area contributed by atoms with Gasteiger partial charge in [0.05, 0.1) is 16.3 Å². The van der Waals surface area contributed by atoms with Crippen LogP contribution >= 0.6 is 11.6 Å². The lowest BCUT2D eigenvalue weighted by Crippen LogP contribution is -2.27. The van der Waals surface area contributed by atoms with E-state index in [1.165, 1.54) is 19.1 Å². The van der Waals surface area contributed by atoms with Gasteiger partial charge in [-0.05, 0) is 19.1 Å². The Labute approximate surface area is 131 Å². The number of aromatic hydroxyl groups is 2. The molecule has 2 N–H and O–H groups in total. The summed E-state index contributed by atoms with van der Waals surface area (Å²) >= 11 is 5.87. The standard InChI is InChI=1S/C13H13ClFNO5S/c1-3-22(19,20)16(2)13-11(18)10(17)12(21-13)9-7(14)5-4-6-8(9)15/h4-6,17-18H,3H2,1-2H3. The molecule has 1 aromatic carbocycles. The molecule has 0 aliphatic rings. The Morgan fingerprint density at radius 2 is 1.95 bits per heavy atom. The Hall–Kier alpha value is -1.93. The maximum absolute atomic E-state index is 13.9. The molecule has 6 nitrogen and oxygen atoms in total. The number of benzene rings is 1. The highest BCUT2D eigenvalue weighted by molar-refractivity contribution is 7.92. The Bertz CT molecular complexity index is 798. The molecule has 120 valence electrons. The Kier molecular flexibility index (Phi) is 4.25. The minimum Gasteiger partial charge on any atom is -0.502 e. The predicted octanol–water partition coefficient (Wildman–Crippen LogP) is 2.94. The fraction of sp³-hybridized carbons (Fsp3) is 0.231. The summed E-state index contributed by atoms with van der Waals surface area (Å²) in [6, 6.07) is 3.81. The van der Waals surface area contributed by atoms with Crippen LogP contribution in [-0.2, 0) is 10.0 Å². The lowest BCUT2D eigenvalue weighted by Gasteiger charge is -2.15. The van der Waals surface area contributed by atoms with Gasteiger partial charge in [-0.25, -0.2) is 17.1 Å².